The van der Waals surface area contributed by atoms with Gasteiger partial charge in [-0.3, -0.25) is 0 Å². The van der Waals surface area contributed by atoms with Crippen LogP contribution in [0.1, 0.15) is 51.2 Å². The molecule has 2 unspecified atom stereocenters. The van der Waals surface area contributed by atoms with Gasteiger partial charge in [0.15, 0.2) is 0 Å². The number of hydrogen-bond acceptors (Lipinski definition) is 3. The summed E-state index contributed by atoms with van der Waals surface area (Å²) in [6.07, 6.45) is 3.66. The van der Waals surface area contributed by atoms with Gasteiger partial charge in [-0.1, -0.05) is 25.5 Å². The molecule has 0 aliphatic carbocycles. The van der Waals surface area contributed by atoms with Gasteiger partial charge in [0.25, 0.3) is 0 Å². The third-order valence-corrected chi connectivity index (χ3v) is 6.63. The van der Waals surface area contributed by atoms with Crippen molar-refractivity contribution in [1.29, 1.82) is 0 Å². The van der Waals surface area contributed by atoms with Crippen LogP contribution in [-0.2, 0) is 23.0 Å². The highest BCUT2D eigenvalue weighted by Crippen LogP contribution is 2.31. The average Bonchev–Trinajstić information content (AvgIpc) is 2.46. The van der Waals surface area contributed by atoms with E-state index in [9.17, 15) is 8.42 Å². The molecule has 21 heavy (non-hydrogen) atoms. The van der Waals surface area contributed by atoms with Gasteiger partial charge in [-0.15, -0.1) is 0 Å². The summed E-state index contributed by atoms with van der Waals surface area (Å²) in [6.45, 7) is 6.36. The molecule has 1 saturated heterocycles. The number of hydrogen-bond donors (Lipinski definition) is 1. The maximum atomic E-state index is 13.1. The molecule has 1 aliphatic heterocycles. The SMILES string of the molecule is CCc1ccc(CN)cc1S(=O)(=O)N1C(C)CCCC1C. The van der Waals surface area contributed by atoms with Gasteiger partial charge in [0.05, 0.1) is 4.90 Å². The molecule has 0 radical (unpaired) electrons. The first-order chi connectivity index (χ1) is 9.91. The van der Waals surface area contributed by atoms with Gasteiger partial charge in [0.1, 0.15) is 0 Å². The molecule has 1 heterocycles. The van der Waals surface area contributed by atoms with Gasteiger partial charge in [0, 0.05) is 18.6 Å². The Labute approximate surface area is 128 Å². The third-order valence-electron chi connectivity index (χ3n) is 4.42. The number of benzene rings is 1. The van der Waals surface area contributed by atoms with Crippen LogP contribution in [0.25, 0.3) is 0 Å². The first-order valence-corrected chi connectivity index (χ1v) is 9.21. The standard InChI is InChI=1S/C16H26N2O2S/c1-4-15-9-8-14(11-17)10-16(15)21(19,20)18-12(2)6-5-7-13(18)3/h8-10,12-13H,4-7,11,17H2,1-3H3. The lowest BCUT2D eigenvalue weighted by molar-refractivity contribution is 0.204. The van der Waals surface area contributed by atoms with E-state index in [-0.39, 0.29) is 12.1 Å². The van der Waals surface area contributed by atoms with Crippen molar-refractivity contribution in [2.75, 3.05) is 0 Å². The minimum atomic E-state index is -3.46. The number of aryl methyl sites for hydroxylation is 1. The molecule has 2 N–H and O–H groups in total. The number of sulfonamides is 1. The summed E-state index contributed by atoms with van der Waals surface area (Å²) >= 11 is 0. The first kappa shape index (κ1) is 16.5. The molecule has 1 aromatic rings. The highest BCUT2D eigenvalue weighted by atomic mass is 32.2. The third kappa shape index (κ3) is 3.15. The van der Waals surface area contributed by atoms with E-state index in [0.29, 0.717) is 17.9 Å². The van der Waals surface area contributed by atoms with Crippen molar-refractivity contribution < 1.29 is 8.42 Å². The molecule has 5 heteroatoms. The lowest BCUT2D eigenvalue weighted by Gasteiger charge is -2.38. The maximum Gasteiger partial charge on any atom is 0.243 e. The van der Waals surface area contributed by atoms with Crippen molar-refractivity contribution in [3.8, 4) is 0 Å². The predicted octanol–water partition coefficient (Wildman–Crippen LogP) is 2.66. The van der Waals surface area contributed by atoms with Crippen LogP contribution in [0.15, 0.2) is 23.1 Å². The Bertz CT molecular complexity index is 588. The molecule has 0 amide bonds. The van der Waals surface area contributed by atoms with E-state index >= 15 is 0 Å². The van der Waals surface area contributed by atoms with E-state index in [4.69, 9.17) is 5.73 Å². The molecule has 1 fully saturated rings. The second-order valence-corrected chi connectivity index (χ2v) is 7.78. The van der Waals surface area contributed by atoms with Crippen molar-refractivity contribution in [3.05, 3.63) is 29.3 Å². The van der Waals surface area contributed by atoms with Crippen LogP contribution in [0.3, 0.4) is 0 Å². The summed E-state index contributed by atoms with van der Waals surface area (Å²) in [5.74, 6) is 0. The number of piperidine rings is 1. The lowest BCUT2D eigenvalue weighted by atomic mass is 10.0. The molecule has 2 rings (SSSR count). The van der Waals surface area contributed by atoms with Crippen LogP contribution in [0.5, 0.6) is 0 Å². The Morgan fingerprint density at radius 2 is 1.86 bits per heavy atom. The summed E-state index contributed by atoms with van der Waals surface area (Å²) in [7, 11) is -3.46. The Kier molecular flexibility index (Phi) is 5.07. The van der Waals surface area contributed by atoms with Gasteiger partial charge < -0.3 is 5.73 Å². The fraction of sp³-hybridized carbons (Fsp3) is 0.625. The number of nitrogens with two attached hydrogens (primary N) is 1. The molecular weight excluding hydrogens is 284 g/mol. The molecule has 1 aliphatic rings. The van der Waals surface area contributed by atoms with Crippen molar-refractivity contribution in [2.24, 2.45) is 5.73 Å². The minimum absolute atomic E-state index is 0.0602. The second kappa shape index (κ2) is 6.46. The second-order valence-electron chi connectivity index (χ2n) is 5.96. The molecular formula is C16H26N2O2S. The number of rotatable bonds is 4. The van der Waals surface area contributed by atoms with Crippen LogP contribution < -0.4 is 5.73 Å². The van der Waals surface area contributed by atoms with Gasteiger partial charge in [-0.25, -0.2) is 8.42 Å². The zero-order chi connectivity index (χ0) is 15.6. The van der Waals surface area contributed by atoms with Crippen molar-refractivity contribution in [1.82, 2.24) is 4.31 Å². The van der Waals surface area contributed by atoms with Crippen LogP contribution >= 0.6 is 0 Å². The van der Waals surface area contributed by atoms with Gasteiger partial charge in [0.2, 0.25) is 10.0 Å². The molecule has 0 aromatic heterocycles. The van der Waals surface area contributed by atoms with Gasteiger partial charge >= 0.3 is 0 Å². The van der Waals surface area contributed by atoms with E-state index in [1.165, 1.54) is 0 Å². The molecule has 0 saturated carbocycles. The van der Waals surface area contributed by atoms with Crippen molar-refractivity contribution in [3.63, 3.8) is 0 Å². The van der Waals surface area contributed by atoms with Crippen LogP contribution in [0.4, 0.5) is 0 Å². The van der Waals surface area contributed by atoms with E-state index < -0.39 is 10.0 Å². The van der Waals surface area contributed by atoms with Gasteiger partial charge in [-0.05, 0) is 50.3 Å². The summed E-state index contributed by atoms with van der Waals surface area (Å²) in [6, 6.07) is 5.69. The van der Waals surface area contributed by atoms with Crippen LogP contribution in [-0.4, -0.2) is 24.8 Å². The van der Waals surface area contributed by atoms with Crippen LogP contribution in [0, 0.1) is 0 Å². The summed E-state index contributed by atoms with van der Waals surface area (Å²) in [4.78, 5) is 0.438. The fourth-order valence-electron chi connectivity index (χ4n) is 3.24. The minimum Gasteiger partial charge on any atom is -0.326 e. The molecule has 0 spiro atoms. The van der Waals surface area contributed by atoms with E-state index in [1.807, 2.05) is 32.9 Å². The highest BCUT2D eigenvalue weighted by Gasteiger charge is 2.36. The number of nitrogens with zero attached hydrogens (tertiary/aromatic N) is 1. The Morgan fingerprint density at radius 3 is 2.38 bits per heavy atom. The Morgan fingerprint density at radius 1 is 1.24 bits per heavy atom. The summed E-state index contributed by atoms with van der Waals surface area (Å²) in [5, 5.41) is 0. The Balaban J connectivity index is 2.52. The molecule has 0 bridgehead atoms. The van der Waals surface area contributed by atoms with E-state index in [2.05, 4.69) is 0 Å². The zero-order valence-electron chi connectivity index (χ0n) is 13.2. The smallest absolute Gasteiger partial charge is 0.243 e. The highest BCUT2D eigenvalue weighted by molar-refractivity contribution is 7.89. The van der Waals surface area contributed by atoms with Gasteiger partial charge in [-0.2, -0.15) is 4.31 Å². The maximum absolute atomic E-state index is 13.1. The zero-order valence-corrected chi connectivity index (χ0v) is 14.0. The lowest BCUT2D eigenvalue weighted by Crippen LogP contribution is -2.47. The monoisotopic (exact) mass is 310 g/mol. The topological polar surface area (TPSA) is 63.4 Å². The largest absolute Gasteiger partial charge is 0.326 e. The summed E-state index contributed by atoms with van der Waals surface area (Å²) in [5.41, 5.74) is 7.41. The van der Waals surface area contributed by atoms with Crippen LogP contribution in [0.2, 0.25) is 0 Å². The fourth-order valence-corrected chi connectivity index (χ4v) is 5.47. The van der Waals surface area contributed by atoms with E-state index in [0.717, 1.165) is 30.4 Å². The van der Waals surface area contributed by atoms with Crippen molar-refractivity contribution in [2.45, 2.75) is 70.0 Å². The molecule has 4 nitrogen and oxygen atoms in total. The van der Waals surface area contributed by atoms with Crippen molar-refractivity contribution >= 4 is 10.0 Å². The first-order valence-electron chi connectivity index (χ1n) is 7.77. The normalized spacial score (nSPS) is 24.2. The average molecular weight is 310 g/mol. The molecule has 2 atom stereocenters. The Hall–Kier alpha value is -0.910. The predicted molar refractivity (Wildman–Crippen MR) is 85.5 cm³/mol. The molecule has 118 valence electrons. The van der Waals surface area contributed by atoms with E-state index in [1.54, 1.807) is 10.4 Å². The quantitative estimate of drug-likeness (QED) is 0.930. The summed E-state index contributed by atoms with van der Waals surface area (Å²) < 4.78 is 28.0. The molecule has 1 aromatic carbocycles.